The molecule has 5 aromatic heterocycles. The summed E-state index contributed by atoms with van der Waals surface area (Å²) in [5.74, 6) is 0.752. The van der Waals surface area contributed by atoms with Crippen molar-refractivity contribution in [1.82, 2.24) is 39.6 Å². The van der Waals surface area contributed by atoms with Gasteiger partial charge in [0.1, 0.15) is 0 Å². The fourth-order valence-corrected chi connectivity index (χ4v) is 2.89. The van der Waals surface area contributed by atoms with Gasteiger partial charge in [-0.05, 0) is 25.1 Å². The lowest BCUT2D eigenvalue weighted by atomic mass is 10.2. The molecule has 9 nitrogen and oxygen atoms in total. The molecule has 0 atom stereocenters. The van der Waals surface area contributed by atoms with Crippen LogP contribution in [0.25, 0.3) is 39.9 Å². The van der Waals surface area contributed by atoms with Gasteiger partial charge in [0.25, 0.3) is 5.89 Å². The van der Waals surface area contributed by atoms with E-state index in [-0.39, 0.29) is 0 Å². The number of nitrogens with zero attached hydrogens (tertiary/aromatic N) is 8. The van der Waals surface area contributed by atoms with Gasteiger partial charge < -0.3 is 4.42 Å². The molecule has 0 unspecified atom stereocenters. The first kappa shape index (κ1) is 15.4. The van der Waals surface area contributed by atoms with Crippen LogP contribution in [0.3, 0.4) is 0 Å². The van der Waals surface area contributed by atoms with Gasteiger partial charge in [-0.15, -0.1) is 10.2 Å². The van der Waals surface area contributed by atoms with Crippen LogP contribution >= 0.6 is 0 Å². The highest BCUT2D eigenvalue weighted by Gasteiger charge is 2.17. The second kappa shape index (κ2) is 5.84. The van der Waals surface area contributed by atoms with E-state index in [1.54, 1.807) is 23.1 Å². The summed E-state index contributed by atoms with van der Waals surface area (Å²) in [6.45, 7) is 2.01. The van der Waals surface area contributed by atoms with Crippen LogP contribution in [-0.2, 0) is 7.05 Å². The van der Waals surface area contributed by atoms with Crippen LogP contribution in [-0.4, -0.2) is 39.6 Å². The molecule has 5 aromatic rings. The summed E-state index contributed by atoms with van der Waals surface area (Å²) in [6.07, 6.45) is 6.92. The van der Waals surface area contributed by atoms with Crippen molar-refractivity contribution >= 4 is 5.65 Å². The number of pyridine rings is 1. The molecule has 132 valence electrons. The average molecular weight is 358 g/mol. The monoisotopic (exact) mass is 358 g/mol. The number of fused-ring (bicyclic) bond motifs is 1. The summed E-state index contributed by atoms with van der Waals surface area (Å²) in [5.41, 5.74) is 4.97. The Hall–Kier alpha value is -3.88. The maximum Gasteiger partial charge on any atom is 0.268 e. The molecule has 9 heteroatoms. The third-order valence-corrected chi connectivity index (χ3v) is 4.44. The Kier molecular flexibility index (Phi) is 3.32. The van der Waals surface area contributed by atoms with Crippen molar-refractivity contribution in [2.45, 2.75) is 6.92 Å². The summed E-state index contributed by atoms with van der Waals surface area (Å²) < 4.78 is 9.37. The second-order valence-electron chi connectivity index (χ2n) is 6.05. The predicted molar refractivity (Wildman–Crippen MR) is 96.4 cm³/mol. The van der Waals surface area contributed by atoms with Crippen molar-refractivity contribution in [1.29, 1.82) is 0 Å². The molecule has 0 fully saturated rings. The zero-order valence-electron chi connectivity index (χ0n) is 14.6. The molecular weight excluding hydrogens is 344 g/mol. The first-order valence-corrected chi connectivity index (χ1v) is 8.29. The van der Waals surface area contributed by atoms with E-state index in [9.17, 15) is 0 Å². The average Bonchev–Trinajstić information content (AvgIpc) is 3.42. The Morgan fingerprint density at radius 2 is 1.81 bits per heavy atom. The molecule has 27 heavy (non-hydrogen) atoms. The third-order valence-electron chi connectivity index (χ3n) is 4.44. The predicted octanol–water partition coefficient (Wildman–Crippen LogP) is 2.55. The summed E-state index contributed by atoms with van der Waals surface area (Å²) in [6, 6.07) is 7.35. The van der Waals surface area contributed by atoms with Crippen molar-refractivity contribution in [3.05, 3.63) is 54.7 Å². The number of aromatic nitrogens is 8. The van der Waals surface area contributed by atoms with E-state index in [2.05, 4.69) is 30.4 Å². The smallest absolute Gasteiger partial charge is 0.268 e. The molecule has 0 N–H and O–H groups in total. The SMILES string of the molecule is Cc1c(-c2ccnc3cc(-c4nnc(-c5ccncc5)o4)nn23)cnn1C. The van der Waals surface area contributed by atoms with Crippen LogP contribution < -0.4 is 0 Å². The van der Waals surface area contributed by atoms with E-state index >= 15 is 0 Å². The molecule has 0 aromatic carbocycles. The molecule has 5 heterocycles. The van der Waals surface area contributed by atoms with Crippen LogP contribution in [0.1, 0.15) is 5.69 Å². The maximum absolute atomic E-state index is 5.79. The van der Waals surface area contributed by atoms with Gasteiger partial charge in [-0.2, -0.15) is 10.2 Å². The number of aryl methyl sites for hydroxylation is 1. The van der Waals surface area contributed by atoms with Gasteiger partial charge >= 0.3 is 0 Å². The summed E-state index contributed by atoms with van der Waals surface area (Å²) in [5, 5.41) is 17.2. The molecular formula is C18H14N8O. The van der Waals surface area contributed by atoms with Crippen LogP contribution in [0.5, 0.6) is 0 Å². The van der Waals surface area contributed by atoms with Crippen molar-refractivity contribution in [3.8, 4) is 34.3 Å². The minimum atomic E-state index is 0.334. The third kappa shape index (κ3) is 2.48. The van der Waals surface area contributed by atoms with E-state index in [1.165, 1.54) is 0 Å². The molecule has 0 aliphatic carbocycles. The highest BCUT2D eigenvalue weighted by Crippen LogP contribution is 2.27. The first-order chi connectivity index (χ1) is 13.2. The van der Waals surface area contributed by atoms with E-state index < -0.39 is 0 Å². The normalized spacial score (nSPS) is 11.3. The van der Waals surface area contributed by atoms with Crippen LogP contribution in [0, 0.1) is 6.92 Å². The topological polar surface area (TPSA) is 99.8 Å². The molecule has 0 bridgehead atoms. The zero-order valence-corrected chi connectivity index (χ0v) is 14.6. The molecule has 0 saturated heterocycles. The number of hydrogen-bond acceptors (Lipinski definition) is 7. The van der Waals surface area contributed by atoms with Gasteiger partial charge in [0, 0.05) is 48.5 Å². The van der Waals surface area contributed by atoms with Crippen LogP contribution in [0.2, 0.25) is 0 Å². The summed E-state index contributed by atoms with van der Waals surface area (Å²) in [4.78, 5) is 8.38. The molecule has 0 aliphatic rings. The Bertz CT molecular complexity index is 1250. The van der Waals surface area contributed by atoms with E-state index in [1.807, 2.05) is 49.1 Å². The highest BCUT2D eigenvalue weighted by atomic mass is 16.4. The van der Waals surface area contributed by atoms with E-state index in [4.69, 9.17) is 4.42 Å². The van der Waals surface area contributed by atoms with Gasteiger partial charge in [0.15, 0.2) is 11.3 Å². The molecule has 0 aliphatic heterocycles. The summed E-state index contributed by atoms with van der Waals surface area (Å²) in [7, 11) is 1.91. The number of hydrogen-bond donors (Lipinski definition) is 0. The van der Waals surface area contributed by atoms with Crippen molar-refractivity contribution in [3.63, 3.8) is 0 Å². The fraction of sp³-hybridized carbons (Fsp3) is 0.111. The maximum atomic E-state index is 5.79. The second-order valence-corrected chi connectivity index (χ2v) is 6.05. The van der Waals surface area contributed by atoms with Gasteiger partial charge in [-0.25, -0.2) is 9.50 Å². The Labute approximate surface area is 153 Å². The number of rotatable bonds is 3. The van der Waals surface area contributed by atoms with Gasteiger partial charge in [0.05, 0.1) is 11.9 Å². The highest BCUT2D eigenvalue weighted by molar-refractivity contribution is 5.66. The Morgan fingerprint density at radius 3 is 2.59 bits per heavy atom. The van der Waals surface area contributed by atoms with Crippen molar-refractivity contribution in [2.75, 3.05) is 0 Å². The van der Waals surface area contributed by atoms with E-state index in [0.29, 0.717) is 23.1 Å². The molecule has 0 spiro atoms. The largest absolute Gasteiger partial charge is 0.415 e. The molecule has 5 rings (SSSR count). The van der Waals surface area contributed by atoms with Gasteiger partial charge in [-0.3, -0.25) is 9.67 Å². The van der Waals surface area contributed by atoms with E-state index in [0.717, 1.165) is 22.5 Å². The lowest BCUT2D eigenvalue weighted by Gasteiger charge is -2.03. The Balaban J connectivity index is 1.61. The van der Waals surface area contributed by atoms with Crippen molar-refractivity contribution in [2.24, 2.45) is 7.05 Å². The standard InChI is InChI=1S/C18H14N8O/c1-11-13(10-21-25(11)2)15-5-8-20-16-9-14(24-26(15)16)18-23-22-17(27-18)12-3-6-19-7-4-12/h3-10H,1-2H3. The van der Waals surface area contributed by atoms with Gasteiger partial charge in [0.2, 0.25) is 5.89 Å². The zero-order chi connectivity index (χ0) is 18.4. The summed E-state index contributed by atoms with van der Waals surface area (Å²) >= 11 is 0. The van der Waals surface area contributed by atoms with Crippen molar-refractivity contribution < 1.29 is 4.42 Å². The Morgan fingerprint density at radius 1 is 1.00 bits per heavy atom. The molecule has 0 amide bonds. The van der Waals surface area contributed by atoms with Gasteiger partial charge in [-0.1, -0.05) is 0 Å². The molecule has 0 radical (unpaired) electrons. The van der Waals surface area contributed by atoms with Crippen LogP contribution in [0.15, 0.2) is 53.5 Å². The molecule has 0 saturated carbocycles. The minimum absolute atomic E-state index is 0.334. The lowest BCUT2D eigenvalue weighted by Crippen LogP contribution is -1.97. The van der Waals surface area contributed by atoms with Crippen LogP contribution in [0.4, 0.5) is 0 Å². The minimum Gasteiger partial charge on any atom is -0.415 e. The quantitative estimate of drug-likeness (QED) is 0.488. The first-order valence-electron chi connectivity index (χ1n) is 8.29. The fourth-order valence-electron chi connectivity index (χ4n) is 2.89. The lowest BCUT2D eigenvalue weighted by molar-refractivity contribution is 0.581.